The highest BCUT2D eigenvalue weighted by Gasteiger charge is 2.38. The van der Waals surface area contributed by atoms with Gasteiger partial charge < -0.3 is 19.9 Å². The first-order valence-electron chi connectivity index (χ1n) is 13.0. The van der Waals surface area contributed by atoms with E-state index in [4.69, 9.17) is 4.74 Å². The molecule has 1 aliphatic carbocycles. The third-order valence-corrected chi connectivity index (χ3v) is 7.73. The van der Waals surface area contributed by atoms with Crippen molar-refractivity contribution in [2.24, 2.45) is 0 Å². The van der Waals surface area contributed by atoms with Gasteiger partial charge in [0, 0.05) is 50.0 Å². The summed E-state index contributed by atoms with van der Waals surface area (Å²) in [6, 6.07) is 3.53. The molecule has 0 aromatic heterocycles. The second-order valence-corrected chi connectivity index (χ2v) is 10.1. The van der Waals surface area contributed by atoms with Gasteiger partial charge in [0.05, 0.1) is 11.0 Å². The Labute approximate surface area is 216 Å². The van der Waals surface area contributed by atoms with Crippen LogP contribution in [0.25, 0.3) is 0 Å². The van der Waals surface area contributed by atoms with E-state index < -0.39 is 22.4 Å². The molecule has 3 fully saturated rings. The number of nitrogens with one attached hydrogen (secondary N) is 1. The number of anilines is 1. The van der Waals surface area contributed by atoms with Crippen molar-refractivity contribution in [2.45, 2.75) is 89.6 Å². The van der Waals surface area contributed by atoms with Crippen LogP contribution in [-0.2, 0) is 15.7 Å². The molecule has 0 unspecified atom stereocenters. The molecule has 37 heavy (non-hydrogen) atoms. The zero-order valence-corrected chi connectivity index (χ0v) is 20.5. The second-order valence-electron chi connectivity index (χ2n) is 10.1. The summed E-state index contributed by atoms with van der Waals surface area (Å²) in [6.07, 6.45) is 4.92. The molecule has 2 heterocycles. The highest BCUT2D eigenvalue weighted by Crippen LogP contribution is 2.38. The van der Waals surface area contributed by atoms with Gasteiger partial charge in [0.25, 0.3) is 5.69 Å². The van der Waals surface area contributed by atoms with E-state index in [1.54, 1.807) is 4.90 Å². The Bertz CT molecular complexity index is 908. The maximum Gasteiger partial charge on any atom is 0.423 e. The Morgan fingerprint density at radius 3 is 2.27 bits per heavy atom. The molecule has 208 valence electrons. The largest absolute Gasteiger partial charge is 0.423 e. The van der Waals surface area contributed by atoms with Crippen LogP contribution < -0.4 is 5.32 Å². The molecule has 1 saturated carbocycles. The number of benzene rings is 1. The maximum atomic E-state index is 13.2. The quantitative estimate of drug-likeness (QED) is 0.373. The van der Waals surface area contributed by atoms with E-state index in [0.717, 1.165) is 38.1 Å². The predicted octanol–water partition coefficient (Wildman–Crippen LogP) is 5.47. The standard InChI is InChI=1S/C25H35F3N4O4.CH4/c26-25(27,28)22-16-19(6-7-23(22)32(34)35)29-18-8-12-31(13-9-18)24(33)17-36-21-10-14-30(15-11-21)20-4-2-1-3-5-20;/h6-7,16,18,20-21,29H,1-5,8-15,17H2;1H4. The third kappa shape index (κ3) is 7.80. The van der Waals surface area contributed by atoms with E-state index in [1.165, 1.54) is 38.2 Å². The maximum absolute atomic E-state index is 13.2. The molecule has 1 N–H and O–H groups in total. The van der Waals surface area contributed by atoms with Crippen molar-refractivity contribution in [3.8, 4) is 0 Å². The van der Waals surface area contributed by atoms with Gasteiger partial charge in [0.2, 0.25) is 5.91 Å². The van der Waals surface area contributed by atoms with Gasteiger partial charge in [-0.25, -0.2) is 0 Å². The molecule has 0 bridgehead atoms. The van der Waals surface area contributed by atoms with Crippen molar-refractivity contribution in [1.29, 1.82) is 0 Å². The first-order chi connectivity index (χ1) is 17.2. The summed E-state index contributed by atoms with van der Waals surface area (Å²) in [5.41, 5.74) is -2.06. The van der Waals surface area contributed by atoms with Gasteiger partial charge in [-0.1, -0.05) is 26.7 Å². The molecule has 2 saturated heterocycles. The summed E-state index contributed by atoms with van der Waals surface area (Å²) in [5.74, 6) is -0.0575. The topological polar surface area (TPSA) is 88.0 Å². The van der Waals surface area contributed by atoms with Crippen molar-refractivity contribution >= 4 is 17.3 Å². The number of piperidine rings is 2. The van der Waals surface area contributed by atoms with Crippen molar-refractivity contribution in [3.05, 3.63) is 33.9 Å². The molecule has 4 rings (SSSR count). The van der Waals surface area contributed by atoms with Crippen LogP contribution in [0.4, 0.5) is 24.5 Å². The number of rotatable bonds is 7. The van der Waals surface area contributed by atoms with Crippen LogP contribution in [0.5, 0.6) is 0 Å². The van der Waals surface area contributed by atoms with Crippen LogP contribution in [0.15, 0.2) is 18.2 Å². The molecule has 11 heteroatoms. The number of alkyl halides is 3. The lowest BCUT2D eigenvalue weighted by atomic mass is 9.92. The molecule has 1 aromatic rings. The van der Waals surface area contributed by atoms with Crippen molar-refractivity contribution in [2.75, 3.05) is 38.1 Å². The number of likely N-dealkylation sites (tertiary alicyclic amines) is 2. The molecule has 0 radical (unpaired) electrons. The number of hydrogen-bond donors (Lipinski definition) is 1. The summed E-state index contributed by atoms with van der Waals surface area (Å²) in [4.78, 5) is 26.9. The molecular weight excluding hydrogens is 489 g/mol. The minimum atomic E-state index is -4.82. The Kier molecular flexibility index (Phi) is 10.2. The number of carbonyl (C=O) groups excluding carboxylic acids is 1. The number of halogens is 3. The molecule has 2 aliphatic heterocycles. The van der Waals surface area contributed by atoms with E-state index in [0.29, 0.717) is 32.0 Å². The lowest BCUT2D eigenvalue weighted by Crippen LogP contribution is -2.46. The number of nitro groups is 1. The Morgan fingerprint density at radius 2 is 1.68 bits per heavy atom. The zero-order valence-electron chi connectivity index (χ0n) is 20.5. The summed E-state index contributed by atoms with van der Waals surface area (Å²) in [6.45, 7) is 3.08. The van der Waals surface area contributed by atoms with Crippen LogP contribution in [0.1, 0.15) is 70.8 Å². The van der Waals surface area contributed by atoms with Crippen molar-refractivity contribution in [1.82, 2.24) is 9.80 Å². The summed E-state index contributed by atoms with van der Waals surface area (Å²) >= 11 is 0. The van der Waals surface area contributed by atoms with Crippen LogP contribution in [-0.4, -0.2) is 71.6 Å². The SMILES string of the molecule is C.O=C(COC1CCN(C2CCCCC2)CC1)N1CCC(Nc2ccc([N+](=O)[O-])c(C(F)(F)F)c2)CC1. The Hall–Kier alpha value is -2.40. The number of nitro benzene ring substituents is 1. The molecular formula is C26H39F3N4O4. The fourth-order valence-corrected chi connectivity index (χ4v) is 5.66. The summed E-state index contributed by atoms with van der Waals surface area (Å²) in [5, 5.41) is 14.0. The Morgan fingerprint density at radius 1 is 1.03 bits per heavy atom. The van der Waals surface area contributed by atoms with Crippen LogP contribution >= 0.6 is 0 Å². The molecule has 1 aromatic carbocycles. The smallest absolute Gasteiger partial charge is 0.382 e. The number of amides is 1. The molecule has 0 atom stereocenters. The minimum absolute atomic E-state index is 0. The monoisotopic (exact) mass is 528 g/mol. The highest BCUT2D eigenvalue weighted by atomic mass is 19.4. The van der Waals surface area contributed by atoms with Gasteiger partial charge in [-0.2, -0.15) is 13.2 Å². The van der Waals surface area contributed by atoms with Gasteiger partial charge in [-0.05, 0) is 50.7 Å². The fourth-order valence-electron chi connectivity index (χ4n) is 5.66. The van der Waals surface area contributed by atoms with E-state index >= 15 is 0 Å². The van der Waals surface area contributed by atoms with Crippen LogP contribution in [0, 0.1) is 10.1 Å². The van der Waals surface area contributed by atoms with Crippen molar-refractivity contribution < 1.29 is 27.6 Å². The lowest BCUT2D eigenvalue weighted by Gasteiger charge is -2.39. The van der Waals surface area contributed by atoms with Crippen LogP contribution in [0.3, 0.4) is 0 Å². The van der Waals surface area contributed by atoms with E-state index in [2.05, 4.69) is 10.2 Å². The fraction of sp³-hybridized carbons (Fsp3) is 0.731. The van der Waals surface area contributed by atoms with Gasteiger partial charge in [-0.15, -0.1) is 0 Å². The Balaban J connectivity index is 0.00000380. The van der Waals surface area contributed by atoms with Gasteiger partial charge in [0.1, 0.15) is 12.2 Å². The minimum Gasteiger partial charge on any atom is -0.382 e. The number of nitrogens with zero attached hydrogens (tertiary/aromatic N) is 3. The number of ether oxygens (including phenoxy) is 1. The average Bonchev–Trinajstić information content (AvgIpc) is 2.88. The van der Waals surface area contributed by atoms with Crippen LogP contribution in [0.2, 0.25) is 0 Å². The average molecular weight is 529 g/mol. The molecule has 3 aliphatic rings. The molecule has 1 amide bonds. The molecule has 8 nitrogen and oxygen atoms in total. The van der Waals surface area contributed by atoms with E-state index in [9.17, 15) is 28.1 Å². The first-order valence-corrected chi connectivity index (χ1v) is 13.0. The van der Waals surface area contributed by atoms with E-state index in [-0.39, 0.29) is 37.8 Å². The van der Waals surface area contributed by atoms with Gasteiger partial charge >= 0.3 is 6.18 Å². The first kappa shape index (κ1) is 29.2. The van der Waals surface area contributed by atoms with E-state index in [1.807, 2.05) is 0 Å². The lowest BCUT2D eigenvalue weighted by molar-refractivity contribution is -0.388. The van der Waals surface area contributed by atoms with Gasteiger partial charge in [-0.3, -0.25) is 14.9 Å². The molecule has 0 spiro atoms. The normalized spacial score (nSPS) is 20.9. The van der Waals surface area contributed by atoms with Crippen molar-refractivity contribution in [3.63, 3.8) is 0 Å². The number of carbonyl (C=O) groups is 1. The number of hydrogen-bond acceptors (Lipinski definition) is 6. The highest BCUT2D eigenvalue weighted by molar-refractivity contribution is 5.77. The summed E-state index contributed by atoms with van der Waals surface area (Å²) in [7, 11) is 0. The zero-order chi connectivity index (χ0) is 25.7. The summed E-state index contributed by atoms with van der Waals surface area (Å²) < 4.78 is 45.6. The predicted molar refractivity (Wildman–Crippen MR) is 135 cm³/mol. The van der Waals surface area contributed by atoms with Gasteiger partial charge in [0.15, 0.2) is 0 Å². The third-order valence-electron chi connectivity index (χ3n) is 7.73. The second kappa shape index (κ2) is 12.9.